The summed E-state index contributed by atoms with van der Waals surface area (Å²) < 4.78 is 5.29. The summed E-state index contributed by atoms with van der Waals surface area (Å²) in [6.07, 6.45) is 0. The van der Waals surface area contributed by atoms with Crippen LogP contribution in [-0.2, 0) is 4.79 Å². The number of rotatable bonds is 4. The number of hydrogen-bond acceptors (Lipinski definition) is 5. The second kappa shape index (κ2) is 7.86. The molecule has 1 N–H and O–H groups in total. The average molecular weight is 377 g/mol. The van der Waals surface area contributed by atoms with Crippen molar-refractivity contribution in [3.05, 3.63) is 70.6 Å². The van der Waals surface area contributed by atoms with Gasteiger partial charge in [-0.3, -0.25) is 9.69 Å². The molecule has 0 bridgehead atoms. The van der Waals surface area contributed by atoms with Crippen molar-refractivity contribution in [3.8, 4) is 0 Å². The summed E-state index contributed by atoms with van der Waals surface area (Å²) >= 11 is 0. The van der Waals surface area contributed by atoms with Crippen LogP contribution in [-0.4, -0.2) is 43.5 Å². The highest BCUT2D eigenvalue weighted by atomic mass is 16.4. The van der Waals surface area contributed by atoms with Crippen molar-refractivity contribution >= 4 is 28.3 Å². The van der Waals surface area contributed by atoms with Crippen molar-refractivity contribution in [2.24, 2.45) is 0 Å². The summed E-state index contributed by atoms with van der Waals surface area (Å²) in [5.41, 5.74) is 3.10. The lowest BCUT2D eigenvalue weighted by Gasteiger charge is -2.36. The molecule has 28 heavy (non-hydrogen) atoms. The first-order valence-corrected chi connectivity index (χ1v) is 9.45. The fourth-order valence-electron chi connectivity index (χ4n) is 3.63. The highest BCUT2D eigenvalue weighted by molar-refractivity contribution is 5.92. The van der Waals surface area contributed by atoms with Gasteiger partial charge in [-0.2, -0.15) is 0 Å². The third kappa shape index (κ3) is 4.07. The van der Waals surface area contributed by atoms with Crippen molar-refractivity contribution in [2.45, 2.75) is 6.92 Å². The number of amides is 1. The van der Waals surface area contributed by atoms with Crippen LogP contribution in [0.3, 0.4) is 0 Å². The Bertz CT molecular complexity index is 1050. The van der Waals surface area contributed by atoms with Crippen LogP contribution in [0.5, 0.6) is 0 Å². The highest BCUT2D eigenvalue weighted by Crippen LogP contribution is 2.25. The number of anilines is 2. The fraction of sp³-hybridized carbons (Fsp3) is 0.273. The predicted molar refractivity (Wildman–Crippen MR) is 111 cm³/mol. The monoisotopic (exact) mass is 377 g/mol. The first-order chi connectivity index (χ1) is 13.6. The minimum Gasteiger partial charge on any atom is -0.423 e. The van der Waals surface area contributed by atoms with Crippen LogP contribution in [0.4, 0.5) is 11.4 Å². The first kappa shape index (κ1) is 18.3. The van der Waals surface area contributed by atoms with E-state index < -0.39 is 0 Å². The summed E-state index contributed by atoms with van der Waals surface area (Å²) in [7, 11) is 0. The van der Waals surface area contributed by atoms with E-state index in [2.05, 4.69) is 15.1 Å². The second-order valence-corrected chi connectivity index (χ2v) is 7.13. The minimum atomic E-state index is -0.339. The van der Waals surface area contributed by atoms with Crippen molar-refractivity contribution in [2.75, 3.05) is 42.9 Å². The van der Waals surface area contributed by atoms with Crippen molar-refractivity contribution in [1.82, 2.24) is 4.90 Å². The number of piperazine rings is 1. The van der Waals surface area contributed by atoms with Gasteiger partial charge in [0, 0.05) is 43.3 Å². The van der Waals surface area contributed by atoms with Gasteiger partial charge in [-0.1, -0.05) is 24.3 Å². The van der Waals surface area contributed by atoms with Crippen molar-refractivity contribution < 1.29 is 9.21 Å². The Hall–Kier alpha value is -3.12. The van der Waals surface area contributed by atoms with Gasteiger partial charge in [0.1, 0.15) is 5.58 Å². The molecule has 0 spiro atoms. The van der Waals surface area contributed by atoms with Gasteiger partial charge in [-0.25, -0.2) is 4.79 Å². The number of para-hydroxylation sites is 1. The van der Waals surface area contributed by atoms with Crippen LogP contribution in [0.1, 0.15) is 5.56 Å². The van der Waals surface area contributed by atoms with E-state index in [0.29, 0.717) is 12.1 Å². The Morgan fingerprint density at radius 3 is 2.61 bits per heavy atom. The second-order valence-electron chi connectivity index (χ2n) is 7.13. The highest BCUT2D eigenvalue weighted by Gasteiger charge is 2.21. The molecule has 1 saturated heterocycles. The third-order valence-electron chi connectivity index (χ3n) is 5.01. The zero-order chi connectivity index (χ0) is 19.5. The molecular formula is C22H23N3O3. The number of hydrogen-bond donors (Lipinski definition) is 1. The molecule has 0 saturated carbocycles. The maximum Gasteiger partial charge on any atom is 0.338 e. The Balaban J connectivity index is 1.39. The van der Waals surface area contributed by atoms with Gasteiger partial charge in [0.25, 0.3) is 0 Å². The van der Waals surface area contributed by atoms with Gasteiger partial charge in [-0.05, 0) is 36.8 Å². The van der Waals surface area contributed by atoms with Crippen LogP contribution in [0.15, 0.2) is 63.8 Å². The summed E-state index contributed by atoms with van der Waals surface area (Å²) in [5, 5.41) is 3.89. The lowest BCUT2D eigenvalue weighted by Crippen LogP contribution is -2.48. The van der Waals surface area contributed by atoms with Gasteiger partial charge in [0.15, 0.2) is 0 Å². The maximum absolute atomic E-state index is 12.3. The molecule has 1 aliphatic rings. The third-order valence-corrected chi connectivity index (χ3v) is 5.01. The van der Waals surface area contributed by atoms with Crippen LogP contribution in [0.25, 0.3) is 11.0 Å². The van der Waals surface area contributed by atoms with Crippen molar-refractivity contribution in [3.63, 3.8) is 0 Å². The quantitative estimate of drug-likeness (QED) is 0.709. The molecule has 1 aliphatic heterocycles. The molecule has 1 fully saturated rings. The van der Waals surface area contributed by atoms with E-state index in [4.69, 9.17) is 4.42 Å². The minimum absolute atomic E-state index is 0.00939. The van der Waals surface area contributed by atoms with E-state index in [0.717, 1.165) is 48.5 Å². The molecule has 0 atom stereocenters. The van der Waals surface area contributed by atoms with Crippen molar-refractivity contribution in [1.29, 1.82) is 0 Å². The predicted octanol–water partition coefficient (Wildman–Crippen LogP) is 2.86. The number of aryl methyl sites for hydroxylation is 1. The summed E-state index contributed by atoms with van der Waals surface area (Å²) in [6.45, 7) is 5.39. The molecule has 144 valence electrons. The van der Waals surface area contributed by atoms with E-state index in [-0.39, 0.29) is 11.5 Å². The summed E-state index contributed by atoms with van der Waals surface area (Å²) in [4.78, 5) is 28.6. The summed E-state index contributed by atoms with van der Waals surface area (Å²) in [6, 6.07) is 16.9. The molecule has 2 heterocycles. The SMILES string of the molecule is Cc1cccc(NC(=O)CN2CCN(c3cc(=O)oc4ccccc34)CC2)c1. The van der Waals surface area contributed by atoms with Crippen LogP contribution < -0.4 is 15.8 Å². The lowest BCUT2D eigenvalue weighted by molar-refractivity contribution is -0.117. The van der Waals surface area contributed by atoms with Crippen LogP contribution in [0.2, 0.25) is 0 Å². The van der Waals surface area contributed by atoms with E-state index in [1.54, 1.807) is 6.07 Å². The normalized spacial score (nSPS) is 15.0. The molecule has 0 radical (unpaired) electrons. The fourth-order valence-corrected chi connectivity index (χ4v) is 3.63. The zero-order valence-electron chi connectivity index (χ0n) is 15.9. The molecule has 2 aromatic carbocycles. The van der Waals surface area contributed by atoms with Gasteiger partial charge < -0.3 is 14.6 Å². The van der Waals surface area contributed by atoms with E-state index >= 15 is 0 Å². The lowest BCUT2D eigenvalue weighted by atomic mass is 10.1. The molecule has 1 amide bonds. The molecule has 6 heteroatoms. The first-order valence-electron chi connectivity index (χ1n) is 9.45. The van der Waals surface area contributed by atoms with E-state index in [1.807, 2.05) is 55.5 Å². The zero-order valence-corrected chi connectivity index (χ0v) is 15.9. The molecule has 1 aromatic heterocycles. The molecule has 0 aliphatic carbocycles. The Morgan fingerprint density at radius 1 is 1.04 bits per heavy atom. The summed E-state index contributed by atoms with van der Waals surface area (Å²) in [5.74, 6) is -0.00939. The Kier molecular flexibility index (Phi) is 5.12. The van der Waals surface area contributed by atoms with Gasteiger partial charge >= 0.3 is 5.63 Å². The number of carbonyl (C=O) groups is 1. The number of benzene rings is 2. The standard InChI is InChI=1S/C22H23N3O3/c1-16-5-4-6-17(13-16)23-21(26)15-24-9-11-25(12-10-24)19-14-22(27)28-20-8-3-2-7-18(19)20/h2-8,13-14H,9-12,15H2,1H3,(H,23,26). The van der Waals surface area contributed by atoms with Crippen LogP contribution >= 0.6 is 0 Å². The number of carbonyl (C=O) groups excluding carboxylic acids is 1. The van der Waals surface area contributed by atoms with Gasteiger partial charge in [-0.15, -0.1) is 0 Å². The Labute approximate surface area is 163 Å². The number of nitrogens with zero attached hydrogens (tertiary/aromatic N) is 2. The smallest absolute Gasteiger partial charge is 0.338 e. The number of nitrogens with one attached hydrogen (secondary N) is 1. The molecule has 6 nitrogen and oxygen atoms in total. The van der Waals surface area contributed by atoms with E-state index in [9.17, 15) is 9.59 Å². The largest absolute Gasteiger partial charge is 0.423 e. The molecule has 0 unspecified atom stereocenters. The van der Waals surface area contributed by atoms with E-state index in [1.165, 1.54) is 0 Å². The Morgan fingerprint density at radius 2 is 1.82 bits per heavy atom. The number of fused-ring (bicyclic) bond motifs is 1. The van der Waals surface area contributed by atoms with Crippen LogP contribution in [0, 0.1) is 6.92 Å². The average Bonchev–Trinajstić information content (AvgIpc) is 2.68. The molecule has 4 rings (SSSR count). The topological polar surface area (TPSA) is 65.8 Å². The van der Waals surface area contributed by atoms with Gasteiger partial charge in [0.05, 0.1) is 12.2 Å². The maximum atomic E-state index is 12.3. The molecule has 3 aromatic rings. The van der Waals surface area contributed by atoms with Gasteiger partial charge in [0.2, 0.25) is 5.91 Å². The molecular weight excluding hydrogens is 354 g/mol.